The summed E-state index contributed by atoms with van der Waals surface area (Å²) in [7, 11) is 1.87. The van der Waals surface area contributed by atoms with Crippen molar-refractivity contribution in [3.05, 3.63) is 35.4 Å². The molecule has 2 heteroatoms. The molecule has 0 fully saturated rings. The largest absolute Gasteiger partial charge is 0.350 e. The van der Waals surface area contributed by atoms with E-state index in [2.05, 4.69) is 48.0 Å². The van der Waals surface area contributed by atoms with Crippen molar-refractivity contribution in [1.29, 1.82) is 0 Å². The minimum Gasteiger partial charge on any atom is -0.350 e. The molecule has 1 aromatic carbocycles. The van der Waals surface area contributed by atoms with E-state index in [0.29, 0.717) is 6.04 Å². The van der Waals surface area contributed by atoms with E-state index in [9.17, 15) is 0 Å². The van der Waals surface area contributed by atoms with Gasteiger partial charge in [0.25, 0.3) is 0 Å². The Hall–Kier alpha value is -1.31. The maximum Gasteiger partial charge on any atom is 0.131 e. The first-order valence-corrected chi connectivity index (χ1v) is 5.05. The molecule has 0 saturated carbocycles. The summed E-state index contributed by atoms with van der Waals surface area (Å²) in [6.07, 6.45) is 0. The van der Waals surface area contributed by atoms with Gasteiger partial charge in [0, 0.05) is 25.2 Å². The van der Waals surface area contributed by atoms with Crippen LogP contribution in [-0.2, 0) is 6.54 Å². The van der Waals surface area contributed by atoms with Gasteiger partial charge in [-0.15, -0.1) is 0 Å². The number of rotatable bonds is 1. The zero-order valence-corrected chi connectivity index (χ0v) is 8.99. The van der Waals surface area contributed by atoms with Crippen molar-refractivity contribution in [3.63, 3.8) is 0 Å². The Morgan fingerprint density at radius 2 is 2.00 bits per heavy atom. The highest BCUT2D eigenvalue weighted by atomic mass is 15.2. The number of aliphatic imine (C=N–C) groups is 1. The van der Waals surface area contributed by atoms with Crippen LogP contribution in [0.25, 0.3) is 0 Å². The Labute approximate surface area is 85.3 Å². The number of fused-ring (bicyclic) bond motifs is 1. The van der Waals surface area contributed by atoms with E-state index >= 15 is 0 Å². The van der Waals surface area contributed by atoms with Crippen molar-refractivity contribution in [2.24, 2.45) is 4.99 Å². The molecule has 0 N–H and O–H groups in total. The van der Waals surface area contributed by atoms with Crippen molar-refractivity contribution >= 4 is 5.84 Å². The van der Waals surface area contributed by atoms with E-state index in [1.807, 2.05) is 7.05 Å². The third-order valence-corrected chi connectivity index (χ3v) is 2.71. The van der Waals surface area contributed by atoms with Gasteiger partial charge in [-0.3, -0.25) is 4.99 Å². The lowest BCUT2D eigenvalue weighted by molar-refractivity contribution is 0.357. The molecule has 14 heavy (non-hydrogen) atoms. The van der Waals surface area contributed by atoms with Crippen molar-refractivity contribution in [2.75, 3.05) is 7.05 Å². The van der Waals surface area contributed by atoms with Crippen molar-refractivity contribution < 1.29 is 0 Å². The molecule has 0 aromatic heterocycles. The van der Waals surface area contributed by atoms with Gasteiger partial charge in [-0.2, -0.15) is 0 Å². The highest BCUT2D eigenvalue weighted by molar-refractivity contribution is 6.02. The predicted octanol–water partition coefficient (Wildman–Crippen LogP) is 2.29. The van der Waals surface area contributed by atoms with Gasteiger partial charge in [-0.05, 0) is 19.4 Å². The van der Waals surface area contributed by atoms with E-state index in [-0.39, 0.29) is 0 Å². The molecule has 0 radical (unpaired) electrons. The average molecular weight is 188 g/mol. The maximum absolute atomic E-state index is 4.37. The van der Waals surface area contributed by atoms with Crippen LogP contribution in [0.15, 0.2) is 29.3 Å². The van der Waals surface area contributed by atoms with Crippen LogP contribution in [0.3, 0.4) is 0 Å². The summed E-state index contributed by atoms with van der Waals surface area (Å²) in [5.41, 5.74) is 2.69. The molecule has 2 nitrogen and oxygen atoms in total. The molecule has 0 amide bonds. The summed E-state index contributed by atoms with van der Waals surface area (Å²) in [4.78, 5) is 6.71. The second-order valence-electron chi connectivity index (χ2n) is 3.93. The molecule has 1 heterocycles. The Kier molecular flexibility index (Phi) is 2.28. The fourth-order valence-electron chi connectivity index (χ4n) is 1.97. The smallest absolute Gasteiger partial charge is 0.131 e. The first kappa shape index (κ1) is 9.25. The molecule has 1 aromatic rings. The molecule has 0 bridgehead atoms. The van der Waals surface area contributed by atoms with Gasteiger partial charge < -0.3 is 4.90 Å². The second kappa shape index (κ2) is 3.45. The maximum atomic E-state index is 4.37. The first-order chi connectivity index (χ1) is 6.74. The van der Waals surface area contributed by atoms with E-state index in [1.165, 1.54) is 11.1 Å². The standard InChI is InChI=1S/C12H16N2/c1-9(2)14-8-10-6-4-5-7-11(10)12(14)13-3/h4-7,9H,8H2,1-3H3/b13-12+. The molecule has 2 rings (SSSR count). The van der Waals surface area contributed by atoms with Crippen LogP contribution in [0.4, 0.5) is 0 Å². The fraction of sp³-hybridized carbons (Fsp3) is 0.417. The monoisotopic (exact) mass is 188 g/mol. The van der Waals surface area contributed by atoms with Gasteiger partial charge >= 0.3 is 0 Å². The number of benzene rings is 1. The Morgan fingerprint density at radius 3 is 2.64 bits per heavy atom. The molecule has 0 saturated heterocycles. The number of amidine groups is 1. The van der Waals surface area contributed by atoms with Crippen LogP contribution in [-0.4, -0.2) is 23.8 Å². The van der Waals surface area contributed by atoms with Crippen molar-refractivity contribution in [3.8, 4) is 0 Å². The van der Waals surface area contributed by atoms with Gasteiger partial charge in [0.15, 0.2) is 0 Å². The van der Waals surface area contributed by atoms with Gasteiger partial charge in [0.2, 0.25) is 0 Å². The van der Waals surface area contributed by atoms with E-state index in [0.717, 1.165) is 12.4 Å². The zero-order valence-electron chi connectivity index (χ0n) is 8.99. The first-order valence-electron chi connectivity index (χ1n) is 5.05. The van der Waals surface area contributed by atoms with Gasteiger partial charge in [-0.1, -0.05) is 24.3 Å². The summed E-state index contributed by atoms with van der Waals surface area (Å²) in [6, 6.07) is 9.02. The lowest BCUT2D eigenvalue weighted by Gasteiger charge is -2.23. The van der Waals surface area contributed by atoms with Crippen LogP contribution in [0.5, 0.6) is 0 Å². The van der Waals surface area contributed by atoms with Gasteiger partial charge in [-0.25, -0.2) is 0 Å². The lowest BCUT2D eigenvalue weighted by Crippen LogP contribution is -2.31. The normalized spacial score (nSPS) is 18.0. The SMILES string of the molecule is C/N=C1\c2ccccc2CN1C(C)C. The Balaban J connectivity index is 2.44. The Bertz CT molecular complexity index is 366. The van der Waals surface area contributed by atoms with Crippen molar-refractivity contribution in [2.45, 2.75) is 26.4 Å². The molecule has 0 atom stereocenters. The van der Waals surface area contributed by atoms with Crippen LogP contribution in [0.1, 0.15) is 25.0 Å². The summed E-state index contributed by atoms with van der Waals surface area (Å²) in [5.74, 6) is 1.13. The topological polar surface area (TPSA) is 15.6 Å². The summed E-state index contributed by atoms with van der Waals surface area (Å²) in [5, 5.41) is 0. The lowest BCUT2D eigenvalue weighted by atomic mass is 10.1. The van der Waals surface area contributed by atoms with E-state index in [4.69, 9.17) is 0 Å². The fourth-order valence-corrected chi connectivity index (χ4v) is 1.97. The number of hydrogen-bond acceptors (Lipinski definition) is 1. The molecule has 0 spiro atoms. The molecular formula is C12H16N2. The van der Waals surface area contributed by atoms with Crippen LogP contribution < -0.4 is 0 Å². The highest BCUT2D eigenvalue weighted by Gasteiger charge is 2.25. The molecule has 74 valence electrons. The van der Waals surface area contributed by atoms with Crippen LogP contribution >= 0.6 is 0 Å². The quantitative estimate of drug-likeness (QED) is 0.660. The molecule has 0 unspecified atom stereocenters. The van der Waals surface area contributed by atoms with E-state index < -0.39 is 0 Å². The minimum absolute atomic E-state index is 0.515. The third kappa shape index (κ3) is 1.31. The summed E-state index contributed by atoms with van der Waals surface area (Å²) >= 11 is 0. The average Bonchev–Trinajstić information content (AvgIpc) is 2.56. The summed E-state index contributed by atoms with van der Waals surface area (Å²) < 4.78 is 0. The molecule has 0 aliphatic carbocycles. The minimum atomic E-state index is 0.515. The third-order valence-electron chi connectivity index (χ3n) is 2.71. The predicted molar refractivity (Wildman–Crippen MR) is 59.6 cm³/mol. The molecular weight excluding hydrogens is 172 g/mol. The van der Waals surface area contributed by atoms with Crippen LogP contribution in [0, 0.1) is 0 Å². The van der Waals surface area contributed by atoms with Crippen LogP contribution in [0.2, 0.25) is 0 Å². The highest BCUT2D eigenvalue weighted by Crippen LogP contribution is 2.24. The van der Waals surface area contributed by atoms with Crippen molar-refractivity contribution in [1.82, 2.24) is 4.90 Å². The van der Waals surface area contributed by atoms with Gasteiger partial charge in [0.1, 0.15) is 5.84 Å². The molecule has 1 aliphatic rings. The number of nitrogens with zero attached hydrogens (tertiary/aromatic N) is 2. The summed E-state index contributed by atoms with van der Waals surface area (Å²) in [6.45, 7) is 5.41. The second-order valence-corrected chi connectivity index (χ2v) is 3.93. The Morgan fingerprint density at radius 1 is 1.29 bits per heavy atom. The van der Waals surface area contributed by atoms with Gasteiger partial charge in [0.05, 0.1) is 0 Å². The van der Waals surface area contributed by atoms with E-state index in [1.54, 1.807) is 0 Å². The number of hydrogen-bond donors (Lipinski definition) is 0. The zero-order chi connectivity index (χ0) is 10.1. The molecule has 1 aliphatic heterocycles.